The number of nitro groups is 1. The van der Waals surface area contributed by atoms with Crippen LogP contribution in [0.25, 0.3) is 0 Å². The second kappa shape index (κ2) is 7.51. The number of hydrogen-bond acceptors (Lipinski definition) is 7. The molecule has 0 atom stereocenters. The normalized spacial score (nSPS) is 10.8. The van der Waals surface area contributed by atoms with Crippen LogP contribution in [0.4, 0.5) is 11.4 Å². The van der Waals surface area contributed by atoms with Crippen LogP contribution in [0.1, 0.15) is 19.9 Å². The Bertz CT molecular complexity index is 735. The van der Waals surface area contributed by atoms with Crippen LogP contribution in [0.3, 0.4) is 0 Å². The number of carbonyl (C=O) groups excluding carboxylic acids is 1. The Morgan fingerprint density at radius 1 is 1.52 bits per heavy atom. The molecular weight excluding hydrogens is 388 g/mol. The first kappa shape index (κ1) is 17.3. The van der Waals surface area contributed by atoms with Gasteiger partial charge in [-0.1, -0.05) is 11.8 Å². The summed E-state index contributed by atoms with van der Waals surface area (Å²) in [5, 5.41) is 25.2. The first-order chi connectivity index (χ1) is 10.9. The van der Waals surface area contributed by atoms with Gasteiger partial charge in [0, 0.05) is 16.6 Å². The highest BCUT2D eigenvalue weighted by Crippen LogP contribution is 2.27. The summed E-state index contributed by atoms with van der Waals surface area (Å²) in [4.78, 5) is 22.2. The number of thioether (sulfide) groups is 1. The van der Waals surface area contributed by atoms with Crippen molar-refractivity contribution in [2.75, 3.05) is 11.1 Å². The molecule has 1 heterocycles. The number of nitrogens with zero attached hydrogens (tertiary/aromatic N) is 5. The molecule has 1 N–H and O–H groups in total. The van der Waals surface area contributed by atoms with Gasteiger partial charge >= 0.3 is 0 Å². The zero-order valence-electron chi connectivity index (χ0n) is 12.3. The maximum atomic E-state index is 12.0. The van der Waals surface area contributed by atoms with Crippen molar-refractivity contribution in [3.8, 4) is 0 Å². The molecule has 0 bridgehead atoms. The van der Waals surface area contributed by atoms with E-state index < -0.39 is 4.92 Å². The van der Waals surface area contributed by atoms with E-state index in [1.54, 1.807) is 4.68 Å². The summed E-state index contributed by atoms with van der Waals surface area (Å²) in [7, 11) is 0. The summed E-state index contributed by atoms with van der Waals surface area (Å²) < 4.78 is 2.07. The van der Waals surface area contributed by atoms with E-state index in [0.717, 1.165) is 0 Å². The number of nitrogens with one attached hydrogen (secondary N) is 1. The smallest absolute Gasteiger partial charge is 0.270 e. The third-order valence-corrected chi connectivity index (χ3v) is 4.31. The van der Waals surface area contributed by atoms with E-state index in [0.29, 0.717) is 15.3 Å². The highest BCUT2D eigenvalue weighted by molar-refractivity contribution is 9.10. The van der Waals surface area contributed by atoms with Gasteiger partial charge in [-0.05, 0) is 46.3 Å². The minimum absolute atomic E-state index is 0.0552. The topological polar surface area (TPSA) is 116 Å². The van der Waals surface area contributed by atoms with Gasteiger partial charge in [-0.3, -0.25) is 14.9 Å². The molecule has 0 aliphatic heterocycles. The van der Waals surface area contributed by atoms with E-state index >= 15 is 0 Å². The Morgan fingerprint density at radius 2 is 2.26 bits per heavy atom. The zero-order valence-corrected chi connectivity index (χ0v) is 14.7. The van der Waals surface area contributed by atoms with Crippen molar-refractivity contribution in [3.05, 3.63) is 32.8 Å². The Morgan fingerprint density at radius 3 is 2.87 bits per heavy atom. The minimum atomic E-state index is -0.502. The molecule has 23 heavy (non-hydrogen) atoms. The summed E-state index contributed by atoms with van der Waals surface area (Å²) >= 11 is 4.42. The maximum absolute atomic E-state index is 12.0. The first-order valence-electron chi connectivity index (χ1n) is 6.53. The van der Waals surface area contributed by atoms with Crippen LogP contribution >= 0.6 is 27.7 Å². The second-order valence-corrected chi connectivity index (χ2v) is 6.55. The van der Waals surface area contributed by atoms with Crippen LogP contribution in [0, 0.1) is 10.1 Å². The van der Waals surface area contributed by atoms with Crippen LogP contribution in [0.2, 0.25) is 0 Å². The summed E-state index contributed by atoms with van der Waals surface area (Å²) in [6.45, 7) is 3.88. The van der Waals surface area contributed by atoms with Gasteiger partial charge in [-0.25, -0.2) is 4.68 Å². The van der Waals surface area contributed by atoms with Crippen molar-refractivity contribution < 1.29 is 9.72 Å². The van der Waals surface area contributed by atoms with Gasteiger partial charge in [0.2, 0.25) is 11.1 Å². The number of hydrogen-bond donors (Lipinski definition) is 1. The largest absolute Gasteiger partial charge is 0.324 e. The lowest BCUT2D eigenvalue weighted by molar-refractivity contribution is -0.384. The number of benzene rings is 1. The summed E-state index contributed by atoms with van der Waals surface area (Å²) in [5.74, 6) is -0.140. The number of non-ortho nitro benzene ring substituents is 1. The molecule has 0 spiro atoms. The molecular formula is C12H13BrN6O3S. The van der Waals surface area contributed by atoms with E-state index in [-0.39, 0.29) is 23.4 Å². The van der Waals surface area contributed by atoms with Gasteiger partial charge in [0.05, 0.1) is 22.4 Å². The van der Waals surface area contributed by atoms with Crippen molar-refractivity contribution in [2.24, 2.45) is 0 Å². The molecule has 0 aliphatic rings. The van der Waals surface area contributed by atoms with E-state index in [1.165, 1.54) is 30.0 Å². The lowest BCUT2D eigenvalue weighted by Crippen LogP contribution is -2.15. The van der Waals surface area contributed by atoms with Crippen LogP contribution < -0.4 is 5.32 Å². The fraction of sp³-hybridized carbons (Fsp3) is 0.333. The number of nitro benzene ring substituents is 1. The average molecular weight is 401 g/mol. The highest BCUT2D eigenvalue weighted by Gasteiger charge is 2.14. The molecule has 0 radical (unpaired) electrons. The summed E-state index contributed by atoms with van der Waals surface area (Å²) in [6.07, 6.45) is 0. The van der Waals surface area contributed by atoms with Crippen LogP contribution in [0.15, 0.2) is 27.8 Å². The molecule has 0 aliphatic carbocycles. The Labute approximate surface area is 144 Å². The molecule has 1 amide bonds. The molecule has 2 aromatic rings. The van der Waals surface area contributed by atoms with E-state index in [9.17, 15) is 14.9 Å². The molecule has 122 valence electrons. The molecule has 9 nitrogen and oxygen atoms in total. The van der Waals surface area contributed by atoms with Crippen molar-refractivity contribution in [1.82, 2.24) is 20.2 Å². The molecule has 0 saturated carbocycles. The van der Waals surface area contributed by atoms with Crippen LogP contribution in [0.5, 0.6) is 0 Å². The second-order valence-electron chi connectivity index (χ2n) is 4.76. The van der Waals surface area contributed by atoms with E-state index in [1.807, 2.05) is 13.8 Å². The predicted molar refractivity (Wildman–Crippen MR) is 88.4 cm³/mol. The van der Waals surface area contributed by atoms with E-state index in [2.05, 4.69) is 36.8 Å². The first-order valence-corrected chi connectivity index (χ1v) is 8.30. The van der Waals surface area contributed by atoms with Crippen molar-refractivity contribution in [3.63, 3.8) is 0 Å². The fourth-order valence-corrected chi connectivity index (χ4v) is 2.91. The number of amides is 1. The molecule has 0 fully saturated rings. The number of aromatic nitrogens is 4. The Kier molecular flexibility index (Phi) is 5.66. The number of tetrazole rings is 1. The van der Waals surface area contributed by atoms with Crippen LogP contribution in [-0.4, -0.2) is 36.8 Å². The predicted octanol–water partition coefficient (Wildman–Crippen LogP) is 2.66. The Hall–Kier alpha value is -2.01. The monoisotopic (exact) mass is 400 g/mol. The molecule has 11 heteroatoms. The lowest BCUT2D eigenvalue weighted by atomic mass is 10.3. The SMILES string of the molecule is CC(C)n1nnnc1SCC(=O)Nc1ccc([N+](=O)[O-])cc1Br. The molecule has 1 aromatic heterocycles. The van der Waals surface area contributed by atoms with Gasteiger partial charge in [-0.2, -0.15) is 0 Å². The quantitative estimate of drug-likeness (QED) is 0.449. The van der Waals surface area contributed by atoms with Crippen molar-refractivity contribution >= 4 is 45.0 Å². The standard InChI is InChI=1S/C12H13BrN6O3S/c1-7(2)18-12(15-16-17-18)23-6-11(20)14-10-4-3-8(19(21)22)5-9(10)13/h3-5,7H,6H2,1-2H3,(H,14,20). The third kappa shape index (κ3) is 4.48. The lowest BCUT2D eigenvalue weighted by Gasteiger charge is -2.08. The fourth-order valence-electron chi connectivity index (χ4n) is 1.64. The number of anilines is 1. The van der Waals surface area contributed by atoms with Crippen molar-refractivity contribution in [1.29, 1.82) is 0 Å². The molecule has 1 aromatic carbocycles. The number of carbonyl (C=O) groups is 1. The number of halogens is 1. The Balaban J connectivity index is 1.97. The van der Waals surface area contributed by atoms with Gasteiger partial charge in [0.1, 0.15) is 0 Å². The highest BCUT2D eigenvalue weighted by atomic mass is 79.9. The zero-order chi connectivity index (χ0) is 17.0. The molecule has 2 rings (SSSR count). The maximum Gasteiger partial charge on any atom is 0.270 e. The minimum Gasteiger partial charge on any atom is -0.324 e. The van der Waals surface area contributed by atoms with Crippen molar-refractivity contribution in [2.45, 2.75) is 25.0 Å². The summed E-state index contributed by atoms with van der Waals surface area (Å²) in [5.41, 5.74) is 0.407. The number of rotatable bonds is 6. The van der Waals surface area contributed by atoms with Gasteiger partial charge < -0.3 is 5.32 Å². The molecule has 0 saturated heterocycles. The third-order valence-electron chi connectivity index (χ3n) is 2.72. The van der Waals surface area contributed by atoms with Gasteiger partial charge in [-0.15, -0.1) is 5.10 Å². The van der Waals surface area contributed by atoms with Gasteiger partial charge in [0.25, 0.3) is 5.69 Å². The van der Waals surface area contributed by atoms with E-state index in [4.69, 9.17) is 0 Å². The average Bonchev–Trinajstić information content (AvgIpc) is 2.95. The summed E-state index contributed by atoms with van der Waals surface area (Å²) in [6, 6.07) is 4.23. The van der Waals surface area contributed by atoms with Crippen LogP contribution in [-0.2, 0) is 4.79 Å². The molecule has 0 unspecified atom stereocenters. The van der Waals surface area contributed by atoms with Gasteiger partial charge in [0.15, 0.2) is 0 Å².